The van der Waals surface area contributed by atoms with Crippen LogP contribution in [0.2, 0.25) is 0 Å². The molecule has 1 saturated heterocycles. The highest BCUT2D eigenvalue weighted by molar-refractivity contribution is 5.51. The standard InChI is InChI=1S/C17H26N6O2/c1-12-8-25-11-17(10-24,22(12)4)9-18-15-13(2)16(21-14(3)20-15)23-7-5-6-19-23/h5-7,12,24H,8-11H2,1-4H3,(H,18,20,21)/t12-,17+/m1/s1. The molecule has 0 unspecified atom stereocenters. The lowest BCUT2D eigenvalue weighted by molar-refractivity contribution is -0.101. The molecule has 3 heterocycles. The van der Waals surface area contributed by atoms with Gasteiger partial charge in [0.1, 0.15) is 11.6 Å². The third-order valence-electron chi connectivity index (χ3n) is 4.97. The van der Waals surface area contributed by atoms with Crippen LogP contribution in [0.5, 0.6) is 0 Å². The monoisotopic (exact) mass is 346 g/mol. The van der Waals surface area contributed by atoms with Crippen LogP contribution in [0.25, 0.3) is 5.82 Å². The number of hydrogen-bond donors (Lipinski definition) is 2. The molecule has 0 aliphatic carbocycles. The van der Waals surface area contributed by atoms with Gasteiger partial charge in [-0.2, -0.15) is 5.10 Å². The summed E-state index contributed by atoms with van der Waals surface area (Å²) in [6.07, 6.45) is 3.58. The van der Waals surface area contributed by atoms with E-state index in [1.807, 2.05) is 33.2 Å². The van der Waals surface area contributed by atoms with E-state index >= 15 is 0 Å². The number of aliphatic hydroxyl groups excluding tert-OH is 1. The molecule has 0 bridgehead atoms. The van der Waals surface area contributed by atoms with Crippen LogP contribution >= 0.6 is 0 Å². The van der Waals surface area contributed by atoms with Crippen molar-refractivity contribution in [2.24, 2.45) is 0 Å². The van der Waals surface area contributed by atoms with Gasteiger partial charge in [-0.15, -0.1) is 0 Å². The van der Waals surface area contributed by atoms with Crippen LogP contribution < -0.4 is 5.32 Å². The van der Waals surface area contributed by atoms with Gasteiger partial charge in [0.25, 0.3) is 0 Å². The Balaban J connectivity index is 1.85. The van der Waals surface area contributed by atoms with Gasteiger partial charge in [0.15, 0.2) is 5.82 Å². The van der Waals surface area contributed by atoms with Crippen LogP contribution in [-0.2, 0) is 4.74 Å². The van der Waals surface area contributed by atoms with Gasteiger partial charge in [0, 0.05) is 30.5 Å². The van der Waals surface area contributed by atoms with Crippen molar-refractivity contribution >= 4 is 5.82 Å². The third kappa shape index (κ3) is 3.37. The molecule has 0 radical (unpaired) electrons. The van der Waals surface area contributed by atoms with Crippen molar-refractivity contribution in [3.8, 4) is 5.82 Å². The number of nitrogens with zero attached hydrogens (tertiary/aromatic N) is 5. The molecule has 8 heteroatoms. The fourth-order valence-corrected chi connectivity index (χ4v) is 3.14. The molecule has 136 valence electrons. The number of nitrogens with one attached hydrogen (secondary N) is 1. The number of aromatic nitrogens is 4. The van der Waals surface area contributed by atoms with Crippen LogP contribution in [0.1, 0.15) is 18.3 Å². The van der Waals surface area contributed by atoms with Gasteiger partial charge < -0.3 is 15.2 Å². The summed E-state index contributed by atoms with van der Waals surface area (Å²) >= 11 is 0. The summed E-state index contributed by atoms with van der Waals surface area (Å²) in [6.45, 7) is 7.61. The average molecular weight is 346 g/mol. The van der Waals surface area contributed by atoms with Gasteiger partial charge in [-0.3, -0.25) is 4.90 Å². The van der Waals surface area contributed by atoms with Gasteiger partial charge in [0.2, 0.25) is 0 Å². The number of aryl methyl sites for hydroxylation is 1. The number of anilines is 1. The summed E-state index contributed by atoms with van der Waals surface area (Å²) in [5, 5.41) is 17.7. The number of aliphatic hydroxyl groups is 1. The Kier molecular flexibility index (Phi) is 5.03. The van der Waals surface area contributed by atoms with Crippen LogP contribution in [0, 0.1) is 13.8 Å². The lowest BCUT2D eigenvalue weighted by Crippen LogP contribution is -2.64. The lowest BCUT2D eigenvalue weighted by Gasteiger charge is -2.47. The Morgan fingerprint density at radius 1 is 1.40 bits per heavy atom. The minimum absolute atomic E-state index is 0.00989. The SMILES string of the molecule is Cc1nc(NC[C@]2(CO)COC[C@@H](C)N2C)c(C)c(-n2cccn2)n1. The van der Waals surface area contributed by atoms with E-state index in [1.54, 1.807) is 10.9 Å². The Labute approximate surface area is 147 Å². The topological polar surface area (TPSA) is 88.3 Å². The first kappa shape index (κ1) is 17.8. The number of hydrogen-bond acceptors (Lipinski definition) is 7. The molecular formula is C17H26N6O2. The molecule has 2 aromatic rings. The van der Waals surface area contributed by atoms with Crippen molar-refractivity contribution in [1.82, 2.24) is 24.6 Å². The summed E-state index contributed by atoms with van der Waals surface area (Å²) in [5.74, 6) is 2.16. The molecule has 0 aromatic carbocycles. The Bertz CT molecular complexity index is 720. The molecule has 0 spiro atoms. The number of ether oxygens (including phenoxy) is 1. The largest absolute Gasteiger partial charge is 0.394 e. The molecule has 1 aliphatic rings. The summed E-state index contributed by atoms with van der Waals surface area (Å²) in [6, 6.07) is 2.11. The predicted molar refractivity (Wildman–Crippen MR) is 95.0 cm³/mol. The highest BCUT2D eigenvalue weighted by atomic mass is 16.5. The van der Waals surface area contributed by atoms with Crippen molar-refractivity contribution in [3.63, 3.8) is 0 Å². The van der Waals surface area contributed by atoms with E-state index in [4.69, 9.17) is 4.74 Å². The van der Waals surface area contributed by atoms with Gasteiger partial charge in [0.05, 0.1) is 25.4 Å². The lowest BCUT2D eigenvalue weighted by atomic mass is 9.96. The quantitative estimate of drug-likeness (QED) is 0.827. The van der Waals surface area contributed by atoms with Crippen LogP contribution in [0.15, 0.2) is 18.5 Å². The molecule has 25 heavy (non-hydrogen) atoms. The van der Waals surface area contributed by atoms with E-state index in [0.29, 0.717) is 25.6 Å². The molecule has 3 rings (SSSR count). The number of likely N-dealkylation sites (N-methyl/N-ethyl adjacent to an activating group) is 1. The Morgan fingerprint density at radius 2 is 2.20 bits per heavy atom. The van der Waals surface area contributed by atoms with Crippen molar-refractivity contribution < 1.29 is 9.84 Å². The molecule has 2 atom stereocenters. The summed E-state index contributed by atoms with van der Waals surface area (Å²) in [5.41, 5.74) is 0.435. The minimum atomic E-state index is -0.477. The average Bonchev–Trinajstić information content (AvgIpc) is 3.13. The van der Waals surface area contributed by atoms with Crippen LogP contribution in [0.4, 0.5) is 5.82 Å². The maximum Gasteiger partial charge on any atom is 0.162 e. The van der Waals surface area contributed by atoms with Crippen LogP contribution in [0.3, 0.4) is 0 Å². The fraction of sp³-hybridized carbons (Fsp3) is 0.588. The highest BCUT2D eigenvalue weighted by Gasteiger charge is 2.40. The Hall–Kier alpha value is -2.03. The first-order valence-electron chi connectivity index (χ1n) is 8.47. The molecule has 1 fully saturated rings. The maximum atomic E-state index is 10.0. The second kappa shape index (κ2) is 7.07. The van der Waals surface area contributed by atoms with Crippen LogP contribution in [-0.4, -0.2) is 74.7 Å². The minimum Gasteiger partial charge on any atom is -0.394 e. The Morgan fingerprint density at radius 3 is 2.88 bits per heavy atom. The van der Waals surface area contributed by atoms with Gasteiger partial charge >= 0.3 is 0 Å². The van der Waals surface area contributed by atoms with Crippen molar-refractivity contribution in [2.75, 3.05) is 38.7 Å². The molecule has 0 saturated carbocycles. The summed E-state index contributed by atoms with van der Waals surface area (Å²) in [7, 11) is 2.03. The first-order valence-corrected chi connectivity index (χ1v) is 8.47. The van der Waals surface area contributed by atoms with Gasteiger partial charge in [-0.1, -0.05) is 0 Å². The van der Waals surface area contributed by atoms with Gasteiger partial charge in [-0.25, -0.2) is 14.6 Å². The predicted octanol–water partition coefficient (Wildman–Crippen LogP) is 0.773. The number of morpholine rings is 1. The second-order valence-corrected chi connectivity index (χ2v) is 6.73. The van der Waals surface area contributed by atoms with E-state index in [9.17, 15) is 5.11 Å². The normalized spacial score (nSPS) is 24.4. The smallest absolute Gasteiger partial charge is 0.162 e. The van der Waals surface area contributed by atoms with E-state index in [0.717, 1.165) is 17.2 Å². The summed E-state index contributed by atoms with van der Waals surface area (Å²) < 4.78 is 7.43. The van der Waals surface area contributed by atoms with Crippen molar-refractivity contribution in [3.05, 3.63) is 29.8 Å². The van der Waals surface area contributed by atoms with E-state index in [2.05, 4.69) is 32.2 Å². The van der Waals surface area contributed by atoms with E-state index < -0.39 is 5.54 Å². The second-order valence-electron chi connectivity index (χ2n) is 6.73. The molecule has 2 aromatic heterocycles. The molecule has 0 amide bonds. The van der Waals surface area contributed by atoms with Crippen molar-refractivity contribution in [2.45, 2.75) is 32.4 Å². The molecule has 2 N–H and O–H groups in total. The van der Waals surface area contributed by atoms with E-state index in [-0.39, 0.29) is 12.6 Å². The zero-order chi connectivity index (χ0) is 18.0. The zero-order valence-corrected chi connectivity index (χ0v) is 15.2. The zero-order valence-electron chi connectivity index (χ0n) is 15.2. The van der Waals surface area contributed by atoms with E-state index in [1.165, 1.54) is 0 Å². The summed E-state index contributed by atoms with van der Waals surface area (Å²) in [4.78, 5) is 11.2. The highest BCUT2D eigenvalue weighted by Crippen LogP contribution is 2.24. The molecular weight excluding hydrogens is 320 g/mol. The first-order chi connectivity index (χ1) is 12.0. The molecule has 8 nitrogen and oxygen atoms in total. The molecule has 1 aliphatic heterocycles. The van der Waals surface area contributed by atoms with Gasteiger partial charge in [-0.05, 0) is 33.9 Å². The van der Waals surface area contributed by atoms with Crippen molar-refractivity contribution in [1.29, 1.82) is 0 Å². The third-order valence-corrected chi connectivity index (χ3v) is 4.97. The maximum absolute atomic E-state index is 10.0. The fourth-order valence-electron chi connectivity index (χ4n) is 3.14. The number of rotatable bonds is 5.